The summed E-state index contributed by atoms with van der Waals surface area (Å²) < 4.78 is 0. The minimum Gasteiger partial charge on any atom is -0.0616 e. The summed E-state index contributed by atoms with van der Waals surface area (Å²) in [4.78, 5) is 0. The van der Waals surface area contributed by atoms with Crippen LogP contribution in [-0.4, -0.2) is 0 Å². The Morgan fingerprint density at radius 3 is 1.40 bits per heavy atom. The van der Waals surface area contributed by atoms with Crippen molar-refractivity contribution in [2.75, 3.05) is 0 Å². The highest BCUT2D eigenvalue weighted by Gasteiger charge is 2.17. The predicted octanol–water partition coefficient (Wildman–Crippen LogP) is 5.24. The zero-order chi connectivity index (χ0) is 13.1. The van der Waals surface area contributed by atoms with Crippen LogP contribution in [0.25, 0.3) is 32.3 Å². The Hall–Kier alpha value is -2.34. The van der Waals surface area contributed by atoms with Gasteiger partial charge in [-0.2, -0.15) is 0 Å². The van der Waals surface area contributed by atoms with E-state index in [4.69, 9.17) is 0 Å². The molecule has 0 fully saturated rings. The number of benzene rings is 4. The van der Waals surface area contributed by atoms with Gasteiger partial charge in [-0.15, -0.1) is 0 Å². The molecule has 4 aromatic carbocycles. The third-order valence-corrected chi connectivity index (χ3v) is 4.72. The van der Waals surface area contributed by atoms with E-state index in [1.165, 1.54) is 56.3 Å². The van der Waals surface area contributed by atoms with E-state index in [1.54, 1.807) is 0 Å². The molecule has 0 heteroatoms. The van der Waals surface area contributed by atoms with E-state index in [0.29, 0.717) is 0 Å². The van der Waals surface area contributed by atoms with Crippen molar-refractivity contribution >= 4 is 32.3 Å². The summed E-state index contributed by atoms with van der Waals surface area (Å²) in [6.45, 7) is 0. The van der Waals surface area contributed by atoms with E-state index in [1.807, 2.05) is 0 Å². The Labute approximate surface area is 117 Å². The standard InChI is InChI=1S/C20H14/c1-2-8-16-15(7-1)17-9-3-5-13-11-12-14-6-4-10-18(16)20(14)19(13)17/h1-10H,11-12H2. The number of fused-ring (bicyclic) bond motifs is 3. The molecule has 0 amide bonds. The largest absolute Gasteiger partial charge is 0.0616 e. The molecule has 4 aromatic rings. The summed E-state index contributed by atoms with van der Waals surface area (Å²) in [7, 11) is 0. The lowest BCUT2D eigenvalue weighted by molar-refractivity contribution is 0.968. The molecule has 0 heterocycles. The van der Waals surface area contributed by atoms with Gasteiger partial charge >= 0.3 is 0 Å². The predicted molar refractivity (Wildman–Crippen MR) is 86.4 cm³/mol. The van der Waals surface area contributed by atoms with Gasteiger partial charge in [0.25, 0.3) is 0 Å². The molecular formula is C20H14. The van der Waals surface area contributed by atoms with Crippen LogP contribution in [0.4, 0.5) is 0 Å². The van der Waals surface area contributed by atoms with E-state index >= 15 is 0 Å². The molecule has 0 spiro atoms. The van der Waals surface area contributed by atoms with Crippen LogP contribution in [-0.2, 0) is 12.8 Å². The number of rotatable bonds is 0. The third kappa shape index (κ3) is 1.17. The van der Waals surface area contributed by atoms with E-state index < -0.39 is 0 Å². The molecule has 20 heavy (non-hydrogen) atoms. The molecule has 0 saturated carbocycles. The first-order valence-electron chi connectivity index (χ1n) is 7.27. The number of aryl methyl sites for hydroxylation is 2. The minimum atomic E-state index is 1.17. The van der Waals surface area contributed by atoms with Crippen LogP contribution in [0.3, 0.4) is 0 Å². The molecular weight excluding hydrogens is 240 g/mol. The average molecular weight is 254 g/mol. The molecule has 0 nitrogen and oxygen atoms in total. The normalized spacial score (nSPS) is 13.6. The maximum atomic E-state index is 2.30. The SMILES string of the molecule is c1ccc2c(c1)c1cccc3c1c1c(cccc21)CC3. The van der Waals surface area contributed by atoms with Crippen LogP contribution in [0.5, 0.6) is 0 Å². The van der Waals surface area contributed by atoms with Gasteiger partial charge < -0.3 is 0 Å². The molecule has 0 N–H and O–H groups in total. The molecule has 0 saturated heterocycles. The second kappa shape index (κ2) is 3.61. The van der Waals surface area contributed by atoms with Crippen molar-refractivity contribution in [2.24, 2.45) is 0 Å². The van der Waals surface area contributed by atoms with Crippen LogP contribution in [0.2, 0.25) is 0 Å². The fraction of sp³-hybridized carbons (Fsp3) is 0.100. The van der Waals surface area contributed by atoms with Crippen molar-refractivity contribution in [1.29, 1.82) is 0 Å². The second-order valence-corrected chi connectivity index (χ2v) is 5.72. The van der Waals surface area contributed by atoms with E-state index in [2.05, 4.69) is 60.7 Å². The van der Waals surface area contributed by atoms with Crippen LogP contribution in [0, 0.1) is 0 Å². The lowest BCUT2D eigenvalue weighted by Gasteiger charge is -2.20. The van der Waals surface area contributed by atoms with E-state index in [9.17, 15) is 0 Å². The fourth-order valence-corrected chi connectivity index (χ4v) is 3.88. The fourth-order valence-electron chi connectivity index (χ4n) is 3.88. The average Bonchev–Trinajstić information content (AvgIpc) is 2.53. The van der Waals surface area contributed by atoms with Crippen LogP contribution in [0.1, 0.15) is 11.1 Å². The van der Waals surface area contributed by atoms with Crippen molar-refractivity contribution in [2.45, 2.75) is 12.8 Å². The summed E-state index contributed by atoms with van der Waals surface area (Å²) in [6.07, 6.45) is 2.34. The maximum Gasteiger partial charge on any atom is -0.00640 e. The summed E-state index contributed by atoms with van der Waals surface area (Å²) in [6, 6.07) is 22.4. The van der Waals surface area contributed by atoms with Gasteiger partial charge in [-0.05, 0) is 56.3 Å². The molecule has 1 aliphatic rings. The summed E-state index contributed by atoms with van der Waals surface area (Å²) in [5.74, 6) is 0. The van der Waals surface area contributed by atoms with Gasteiger partial charge in [-0.1, -0.05) is 60.7 Å². The molecule has 5 rings (SSSR count). The van der Waals surface area contributed by atoms with Crippen molar-refractivity contribution < 1.29 is 0 Å². The van der Waals surface area contributed by atoms with Crippen LogP contribution < -0.4 is 0 Å². The lowest BCUT2D eigenvalue weighted by atomic mass is 9.83. The van der Waals surface area contributed by atoms with Crippen molar-refractivity contribution in [3.8, 4) is 0 Å². The van der Waals surface area contributed by atoms with Gasteiger partial charge in [0.05, 0.1) is 0 Å². The Morgan fingerprint density at radius 2 is 0.900 bits per heavy atom. The Bertz CT molecular complexity index is 911. The van der Waals surface area contributed by atoms with Crippen LogP contribution in [0.15, 0.2) is 60.7 Å². The molecule has 0 unspecified atom stereocenters. The maximum absolute atomic E-state index is 2.30. The first-order valence-corrected chi connectivity index (χ1v) is 7.27. The highest BCUT2D eigenvalue weighted by Crippen LogP contribution is 2.40. The molecule has 0 atom stereocenters. The summed E-state index contributed by atoms with van der Waals surface area (Å²) in [5.41, 5.74) is 3.02. The summed E-state index contributed by atoms with van der Waals surface area (Å²) in [5, 5.41) is 8.58. The Balaban J connectivity index is 2.26. The molecule has 1 aliphatic carbocycles. The molecule has 0 aromatic heterocycles. The van der Waals surface area contributed by atoms with E-state index in [0.717, 1.165) is 0 Å². The lowest BCUT2D eigenvalue weighted by Crippen LogP contribution is -2.01. The zero-order valence-corrected chi connectivity index (χ0v) is 11.2. The first-order chi connectivity index (χ1) is 9.93. The third-order valence-electron chi connectivity index (χ3n) is 4.72. The van der Waals surface area contributed by atoms with Crippen molar-refractivity contribution in [1.82, 2.24) is 0 Å². The monoisotopic (exact) mass is 254 g/mol. The van der Waals surface area contributed by atoms with Gasteiger partial charge in [0.1, 0.15) is 0 Å². The number of hydrogen-bond acceptors (Lipinski definition) is 0. The molecule has 94 valence electrons. The second-order valence-electron chi connectivity index (χ2n) is 5.72. The van der Waals surface area contributed by atoms with E-state index in [-0.39, 0.29) is 0 Å². The topological polar surface area (TPSA) is 0 Å². The van der Waals surface area contributed by atoms with Gasteiger partial charge in [0.15, 0.2) is 0 Å². The minimum absolute atomic E-state index is 1.17. The highest BCUT2D eigenvalue weighted by molar-refractivity contribution is 6.27. The smallest absolute Gasteiger partial charge is 0.00640 e. The van der Waals surface area contributed by atoms with Crippen molar-refractivity contribution in [3.63, 3.8) is 0 Å². The van der Waals surface area contributed by atoms with Gasteiger partial charge in [0.2, 0.25) is 0 Å². The van der Waals surface area contributed by atoms with Gasteiger partial charge in [-0.25, -0.2) is 0 Å². The molecule has 0 bridgehead atoms. The quantitative estimate of drug-likeness (QED) is 0.376. The summed E-state index contributed by atoms with van der Waals surface area (Å²) >= 11 is 0. The van der Waals surface area contributed by atoms with Crippen molar-refractivity contribution in [3.05, 3.63) is 71.8 Å². The number of hydrogen-bond donors (Lipinski definition) is 0. The highest BCUT2D eigenvalue weighted by atomic mass is 14.2. The first kappa shape index (κ1) is 10.4. The Kier molecular flexibility index (Phi) is 1.88. The molecule has 0 radical (unpaired) electrons. The Morgan fingerprint density at radius 1 is 0.450 bits per heavy atom. The van der Waals surface area contributed by atoms with Gasteiger partial charge in [0, 0.05) is 0 Å². The molecule has 0 aliphatic heterocycles. The zero-order valence-electron chi connectivity index (χ0n) is 11.2. The van der Waals surface area contributed by atoms with Gasteiger partial charge in [-0.3, -0.25) is 0 Å². The van der Waals surface area contributed by atoms with Crippen LogP contribution >= 0.6 is 0 Å².